The SMILES string of the molecule is CCCNC(=O)NC(=O)CNc1cc(F)ccc1F. The number of anilines is 1. The molecular formula is C12H15F2N3O2. The van der Waals surface area contributed by atoms with Gasteiger partial charge in [-0.2, -0.15) is 0 Å². The first kappa shape index (κ1) is 14.9. The van der Waals surface area contributed by atoms with Crippen LogP contribution in [0.5, 0.6) is 0 Å². The van der Waals surface area contributed by atoms with Crippen LogP contribution in [0.15, 0.2) is 18.2 Å². The number of urea groups is 1. The highest BCUT2D eigenvalue weighted by atomic mass is 19.1. The van der Waals surface area contributed by atoms with Crippen LogP contribution in [0.25, 0.3) is 0 Å². The van der Waals surface area contributed by atoms with Crippen LogP contribution in [-0.4, -0.2) is 25.0 Å². The van der Waals surface area contributed by atoms with Gasteiger partial charge in [-0.1, -0.05) is 6.92 Å². The molecule has 0 bridgehead atoms. The third-order valence-corrected chi connectivity index (χ3v) is 2.16. The molecule has 7 heteroatoms. The summed E-state index contributed by atoms with van der Waals surface area (Å²) in [6.07, 6.45) is 0.744. The molecule has 0 heterocycles. The number of carbonyl (C=O) groups excluding carboxylic acids is 2. The van der Waals surface area contributed by atoms with E-state index < -0.39 is 23.6 Å². The molecule has 0 unspecified atom stereocenters. The molecule has 0 saturated heterocycles. The highest BCUT2D eigenvalue weighted by Gasteiger charge is 2.08. The van der Waals surface area contributed by atoms with Gasteiger partial charge >= 0.3 is 6.03 Å². The molecule has 3 N–H and O–H groups in total. The Morgan fingerprint density at radius 3 is 2.68 bits per heavy atom. The van der Waals surface area contributed by atoms with Gasteiger partial charge in [0.25, 0.3) is 0 Å². The summed E-state index contributed by atoms with van der Waals surface area (Å²) < 4.78 is 26.1. The van der Waals surface area contributed by atoms with Crippen LogP contribution in [0.4, 0.5) is 19.3 Å². The number of benzene rings is 1. The van der Waals surface area contributed by atoms with E-state index in [2.05, 4.69) is 16.0 Å². The molecular weight excluding hydrogens is 256 g/mol. The molecule has 0 aliphatic heterocycles. The quantitative estimate of drug-likeness (QED) is 0.762. The Morgan fingerprint density at radius 2 is 2.00 bits per heavy atom. The van der Waals surface area contributed by atoms with Crippen LogP contribution in [0, 0.1) is 11.6 Å². The number of rotatable bonds is 5. The number of carbonyl (C=O) groups is 2. The lowest BCUT2D eigenvalue weighted by atomic mass is 10.3. The summed E-state index contributed by atoms with van der Waals surface area (Å²) in [5.74, 6) is -1.94. The maximum atomic E-state index is 13.2. The van der Waals surface area contributed by atoms with Crippen molar-refractivity contribution < 1.29 is 18.4 Å². The summed E-state index contributed by atoms with van der Waals surface area (Å²) in [4.78, 5) is 22.5. The Hall–Kier alpha value is -2.18. The first-order valence-electron chi connectivity index (χ1n) is 5.79. The number of amides is 3. The molecule has 0 radical (unpaired) electrons. The number of imide groups is 1. The lowest BCUT2D eigenvalue weighted by Crippen LogP contribution is -2.42. The Morgan fingerprint density at radius 1 is 1.26 bits per heavy atom. The summed E-state index contributed by atoms with van der Waals surface area (Å²) >= 11 is 0. The minimum absolute atomic E-state index is 0.135. The molecule has 1 rings (SSSR count). The summed E-state index contributed by atoms with van der Waals surface area (Å²) in [6, 6.07) is 2.23. The Labute approximate surface area is 109 Å². The van der Waals surface area contributed by atoms with E-state index in [4.69, 9.17) is 0 Å². The van der Waals surface area contributed by atoms with Crippen LogP contribution in [0.2, 0.25) is 0 Å². The van der Waals surface area contributed by atoms with E-state index in [0.717, 1.165) is 24.6 Å². The predicted octanol–water partition coefficient (Wildman–Crippen LogP) is 1.61. The van der Waals surface area contributed by atoms with Crippen molar-refractivity contribution in [2.45, 2.75) is 13.3 Å². The molecule has 3 amide bonds. The van der Waals surface area contributed by atoms with E-state index in [1.807, 2.05) is 6.92 Å². The maximum absolute atomic E-state index is 13.2. The third-order valence-electron chi connectivity index (χ3n) is 2.16. The minimum atomic E-state index is -0.676. The highest BCUT2D eigenvalue weighted by Crippen LogP contribution is 2.14. The normalized spacial score (nSPS) is 9.84. The van der Waals surface area contributed by atoms with Crippen molar-refractivity contribution in [1.29, 1.82) is 0 Å². The molecule has 0 aromatic heterocycles. The maximum Gasteiger partial charge on any atom is 0.321 e. The number of halogens is 2. The summed E-state index contributed by atoms with van der Waals surface area (Å²) in [7, 11) is 0. The summed E-state index contributed by atoms with van der Waals surface area (Å²) in [5.41, 5.74) is -0.135. The lowest BCUT2D eigenvalue weighted by molar-refractivity contribution is -0.118. The minimum Gasteiger partial charge on any atom is -0.374 e. The molecule has 104 valence electrons. The fourth-order valence-corrected chi connectivity index (χ4v) is 1.26. The van der Waals surface area contributed by atoms with Gasteiger partial charge in [0.05, 0.1) is 12.2 Å². The molecule has 0 spiro atoms. The van der Waals surface area contributed by atoms with Gasteiger partial charge in [-0.3, -0.25) is 10.1 Å². The first-order valence-corrected chi connectivity index (χ1v) is 5.79. The summed E-state index contributed by atoms with van der Waals surface area (Å²) in [6.45, 7) is 1.99. The largest absolute Gasteiger partial charge is 0.374 e. The zero-order valence-corrected chi connectivity index (χ0v) is 10.4. The third kappa shape index (κ3) is 5.33. The van der Waals surface area contributed by atoms with Gasteiger partial charge in [-0.25, -0.2) is 13.6 Å². The smallest absolute Gasteiger partial charge is 0.321 e. The molecule has 1 aromatic rings. The molecule has 0 saturated carbocycles. The molecule has 1 aromatic carbocycles. The van der Waals surface area contributed by atoms with Gasteiger partial charge in [-0.05, 0) is 24.6 Å². The van der Waals surface area contributed by atoms with Gasteiger partial charge in [0, 0.05) is 6.54 Å². The van der Waals surface area contributed by atoms with Gasteiger partial charge < -0.3 is 10.6 Å². The second kappa shape index (κ2) is 7.30. The summed E-state index contributed by atoms with van der Waals surface area (Å²) in [5, 5.41) is 6.91. The first-order chi connectivity index (χ1) is 9.02. The highest BCUT2D eigenvalue weighted by molar-refractivity contribution is 5.96. The second-order valence-corrected chi connectivity index (χ2v) is 3.78. The molecule has 0 aliphatic carbocycles. The molecule has 0 atom stereocenters. The Bertz CT molecular complexity index is 466. The van der Waals surface area contributed by atoms with E-state index in [1.165, 1.54) is 0 Å². The monoisotopic (exact) mass is 271 g/mol. The van der Waals surface area contributed by atoms with Crippen LogP contribution in [0.1, 0.15) is 13.3 Å². The van der Waals surface area contributed by atoms with Crippen molar-refractivity contribution in [2.75, 3.05) is 18.4 Å². The average molecular weight is 271 g/mol. The van der Waals surface area contributed by atoms with Gasteiger partial charge in [0.15, 0.2) is 0 Å². The molecule has 5 nitrogen and oxygen atoms in total. The standard InChI is InChI=1S/C12H15F2N3O2/c1-2-5-15-12(19)17-11(18)7-16-10-6-8(13)3-4-9(10)14/h3-4,6,16H,2,5,7H2,1H3,(H2,15,17,18,19). The van der Waals surface area contributed by atoms with E-state index in [0.29, 0.717) is 6.54 Å². The predicted molar refractivity (Wildman–Crippen MR) is 66.7 cm³/mol. The van der Waals surface area contributed by atoms with E-state index in [9.17, 15) is 18.4 Å². The van der Waals surface area contributed by atoms with Crippen molar-refractivity contribution in [3.63, 3.8) is 0 Å². The zero-order valence-electron chi connectivity index (χ0n) is 10.4. The van der Waals surface area contributed by atoms with Crippen LogP contribution >= 0.6 is 0 Å². The fourth-order valence-electron chi connectivity index (χ4n) is 1.26. The van der Waals surface area contributed by atoms with Crippen molar-refractivity contribution in [1.82, 2.24) is 10.6 Å². The van der Waals surface area contributed by atoms with Crippen molar-refractivity contribution in [3.8, 4) is 0 Å². The topological polar surface area (TPSA) is 70.2 Å². The zero-order chi connectivity index (χ0) is 14.3. The Kier molecular flexibility index (Phi) is 5.72. The van der Waals surface area contributed by atoms with Gasteiger partial charge in [-0.15, -0.1) is 0 Å². The number of hydrogen-bond acceptors (Lipinski definition) is 3. The fraction of sp³-hybridized carbons (Fsp3) is 0.333. The van der Waals surface area contributed by atoms with Crippen molar-refractivity contribution in [2.24, 2.45) is 0 Å². The molecule has 0 aliphatic rings. The van der Waals surface area contributed by atoms with Crippen molar-refractivity contribution >= 4 is 17.6 Å². The average Bonchev–Trinajstić information content (AvgIpc) is 2.37. The van der Waals surface area contributed by atoms with Gasteiger partial charge in [0.1, 0.15) is 11.6 Å². The lowest BCUT2D eigenvalue weighted by Gasteiger charge is -2.08. The molecule has 19 heavy (non-hydrogen) atoms. The Balaban J connectivity index is 2.41. The van der Waals surface area contributed by atoms with Gasteiger partial charge in [0.2, 0.25) is 5.91 Å². The van der Waals surface area contributed by atoms with Crippen molar-refractivity contribution in [3.05, 3.63) is 29.8 Å². The van der Waals surface area contributed by atoms with E-state index in [-0.39, 0.29) is 12.2 Å². The molecule has 0 fully saturated rings. The van der Waals surface area contributed by atoms with E-state index >= 15 is 0 Å². The number of hydrogen-bond donors (Lipinski definition) is 3. The number of nitrogens with one attached hydrogen (secondary N) is 3. The van der Waals surface area contributed by atoms with E-state index in [1.54, 1.807) is 0 Å². The van der Waals surface area contributed by atoms with Crippen LogP contribution < -0.4 is 16.0 Å². The van der Waals surface area contributed by atoms with Crippen LogP contribution in [0.3, 0.4) is 0 Å². The second-order valence-electron chi connectivity index (χ2n) is 3.78. The van der Waals surface area contributed by atoms with Crippen LogP contribution in [-0.2, 0) is 4.79 Å².